The summed E-state index contributed by atoms with van der Waals surface area (Å²) in [6, 6.07) is 3.21. The van der Waals surface area contributed by atoms with Crippen LogP contribution in [0.3, 0.4) is 0 Å². The van der Waals surface area contributed by atoms with E-state index in [1.54, 1.807) is 13.0 Å². The average Bonchev–Trinajstić information content (AvgIpc) is 2.30. The van der Waals surface area contributed by atoms with Crippen LogP contribution in [0.1, 0.15) is 26.3 Å². The number of anilines is 1. The van der Waals surface area contributed by atoms with Gasteiger partial charge in [-0.25, -0.2) is 13.1 Å². The van der Waals surface area contributed by atoms with Crippen LogP contribution in [0.15, 0.2) is 21.5 Å². The molecule has 0 fully saturated rings. The fourth-order valence-corrected chi connectivity index (χ4v) is 3.37. The first-order chi connectivity index (χ1) is 8.65. The van der Waals surface area contributed by atoms with E-state index in [1.165, 1.54) is 6.07 Å². The number of nitrogen functional groups attached to an aromatic ring is 1. The van der Waals surface area contributed by atoms with Crippen LogP contribution in [0.2, 0.25) is 0 Å². The monoisotopic (exact) mass is 348 g/mol. The Kier molecular flexibility index (Phi) is 5.41. The van der Waals surface area contributed by atoms with Gasteiger partial charge in [-0.1, -0.05) is 20.8 Å². The molecule has 1 aromatic carbocycles. The van der Waals surface area contributed by atoms with Gasteiger partial charge in [0.2, 0.25) is 10.0 Å². The first kappa shape index (κ1) is 16.5. The summed E-state index contributed by atoms with van der Waals surface area (Å²) in [5.74, 6) is 0.710. The summed E-state index contributed by atoms with van der Waals surface area (Å²) in [6.45, 7) is 8.35. The fourth-order valence-electron chi connectivity index (χ4n) is 1.51. The Labute approximate surface area is 124 Å². The van der Waals surface area contributed by atoms with E-state index in [0.29, 0.717) is 28.2 Å². The topological polar surface area (TPSA) is 72.2 Å². The molecule has 6 heteroatoms. The summed E-state index contributed by atoms with van der Waals surface area (Å²) in [4.78, 5) is 0.240. The van der Waals surface area contributed by atoms with Crippen molar-refractivity contribution in [1.82, 2.24) is 4.72 Å². The van der Waals surface area contributed by atoms with Crippen molar-refractivity contribution in [3.63, 3.8) is 0 Å². The third kappa shape index (κ3) is 4.19. The van der Waals surface area contributed by atoms with Gasteiger partial charge in [0.15, 0.2) is 0 Å². The maximum Gasteiger partial charge on any atom is 0.240 e. The van der Waals surface area contributed by atoms with Gasteiger partial charge in [-0.05, 0) is 52.4 Å². The molecule has 0 heterocycles. The normalized spacial score (nSPS) is 13.8. The second kappa shape index (κ2) is 6.24. The van der Waals surface area contributed by atoms with Crippen LogP contribution in [0, 0.1) is 18.8 Å². The SMILES string of the molecule is Cc1cc(Br)c(N)cc1S(=O)(=O)NCC(C)C(C)C. The fraction of sp³-hybridized carbons (Fsp3) is 0.538. The Hall–Kier alpha value is -0.590. The quantitative estimate of drug-likeness (QED) is 0.803. The molecule has 0 saturated carbocycles. The molecule has 0 saturated heterocycles. The summed E-state index contributed by atoms with van der Waals surface area (Å²) < 4.78 is 27.9. The molecule has 0 aliphatic heterocycles. The zero-order valence-corrected chi connectivity index (χ0v) is 14.1. The van der Waals surface area contributed by atoms with E-state index < -0.39 is 10.0 Å². The van der Waals surface area contributed by atoms with E-state index in [1.807, 2.05) is 6.92 Å². The van der Waals surface area contributed by atoms with E-state index in [4.69, 9.17) is 5.73 Å². The van der Waals surface area contributed by atoms with Crippen molar-refractivity contribution in [2.75, 3.05) is 12.3 Å². The molecule has 108 valence electrons. The lowest BCUT2D eigenvalue weighted by Gasteiger charge is -2.17. The zero-order chi connectivity index (χ0) is 14.8. The van der Waals surface area contributed by atoms with Crippen LogP contribution in [0.25, 0.3) is 0 Å². The van der Waals surface area contributed by atoms with Gasteiger partial charge in [-0.3, -0.25) is 0 Å². The molecule has 1 rings (SSSR count). The van der Waals surface area contributed by atoms with Crippen LogP contribution in [0.4, 0.5) is 5.69 Å². The van der Waals surface area contributed by atoms with Gasteiger partial charge >= 0.3 is 0 Å². The Morgan fingerprint density at radius 3 is 2.42 bits per heavy atom. The minimum atomic E-state index is -3.51. The van der Waals surface area contributed by atoms with Gasteiger partial charge in [0.1, 0.15) is 0 Å². The van der Waals surface area contributed by atoms with E-state index in [-0.39, 0.29) is 10.8 Å². The van der Waals surface area contributed by atoms with Crippen LogP contribution in [-0.2, 0) is 10.0 Å². The predicted molar refractivity (Wildman–Crippen MR) is 82.5 cm³/mol. The summed E-state index contributed by atoms with van der Waals surface area (Å²) in [7, 11) is -3.51. The smallest absolute Gasteiger partial charge is 0.240 e. The molecule has 0 amide bonds. The maximum absolute atomic E-state index is 12.3. The molecule has 1 aromatic rings. The number of benzene rings is 1. The molecule has 19 heavy (non-hydrogen) atoms. The molecule has 4 nitrogen and oxygen atoms in total. The molecule has 0 aromatic heterocycles. The molecular weight excluding hydrogens is 328 g/mol. The van der Waals surface area contributed by atoms with Crippen LogP contribution < -0.4 is 10.5 Å². The molecule has 0 bridgehead atoms. The Morgan fingerprint density at radius 2 is 1.89 bits per heavy atom. The van der Waals surface area contributed by atoms with Gasteiger partial charge < -0.3 is 5.73 Å². The highest BCUT2D eigenvalue weighted by Crippen LogP contribution is 2.26. The lowest BCUT2D eigenvalue weighted by molar-refractivity contribution is 0.414. The molecule has 0 radical (unpaired) electrons. The van der Waals surface area contributed by atoms with Crippen LogP contribution in [0.5, 0.6) is 0 Å². The number of hydrogen-bond acceptors (Lipinski definition) is 3. The summed E-state index contributed by atoms with van der Waals surface area (Å²) >= 11 is 3.29. The van der Waals surface area contributed by atoms with E-state index in [9.17, 15) is 8.42 Å². The summed E-state index contributed by atoms with van der Waals surface area (Å²) in [6.07, 6.45) is 0. The number of hydrogen-bond donors (Lipinski definition) is 2. The number of aryl methyl sites for hydroxylation is 1. The van der Waals surface area contributed by atoms with E-state index in [2.05, 4.69) is 34.5 Å². The van der Waals surface area contributed by atoms with Gasteiger partial charge in [-0.15, -0.1) is 0 Å². The first-order valence-corrected chi connectivity index (χ1v) is 8.48. The largest absolute Gasteiger partial charge is 0.398 e. The Morgan fingerprint density at radius 1 is 1.32 bits per heavy atom. The first-order valence-electron chi connectivity index (χ1n) is 6.20. The highest BCUT2D eigenvalue weighted by molar-refractivity contribution is 9.10. The third-order valence-electron chi connectivity index (χ3n) is 3.32. The summed E-state index contributed by atoms with van der Waals surface area (Å²) in [5, 5.41) is 0. The molecular formula is C13H21BrN2O2S. The Balaban J connectivity index is 2.98. The van der Waals surface area contributed by atoms with Crippen molar-refractivity contribution < 1.29 is 8.42 Å². The van der Waals surface area contributed by atoms with Gasteiger partial charge in [0, 0.05) is 16.7 Å². The Bertz CT molecular complexity index is 556. The molecule has 1 unspecified atom stereocenters. The van der Waals surface area contributed by atoms with Crippen molar-refractivity contribution in [3.8, 4) is 0 Å². The lowest BCUT2D eigenvalue weighted by atomic mass is 9.99. The standard InChI is InChI=1S/C13H21BrN2O2S/c1-8(2)10(4)7-16-19(17,18)13-6-12(15)11(14)5-9(13)3/h5-6,8,10,16H,7,15H2,1-4H3. The van der Waals surface area contributed by atoms with Crippen LogP contribution >= 0.6 is 15.9 Å². The number of halogens is 1. The highest BCUT2D eigenvalue weighted by atomic mass is 79.9. The van der Waals surface area contributed by atoms with Gasteiger partial charge in [-0.2, -0.15) is 0 Å². The minimum Gasteiger partial charge on any atom is -0.398 e. The molecule has 1 atom stereocenters. The second-order valence-electron chi connectivity index (χ2n) is 5.21. The zero-order valence-electron chi connectivity index (χ0n) is 11.7. The number of sulfonamides is 1. The molecule has 3 N–H and O–H groups in total. The van der Waals surface area contributed by atoms with E-state index in [0.717, 1.165) is 0 Å². The number of nitrogens with one attached hydrogen (secondary N) is 1. The predicted octanol–water partition coefficient (Wildman–Crippen LogP) is 2.91. The average molecular weight is 349 g/mol. The van der Waals surface area contributed by atoms with Crippen molar-refractivity contribution in [2.24, 2.45) is 11.8 Å². The van der Waals surface area contributed by atoms with Crippen molar-refractivity contribution in [3.05, 3.63) is 22.2 Å². The van der Waals surface area contributed by atoms with Gasteiger partial charge in [0.05, 0.1) is 4.90 Å². The highest BCUT2D eigenvalue weighted by Gasteiger charge is 2.19. The number of rotatable bonds is 5. The maximum atomic E-state index is 12.3. The van der Waals surface area contributed by atoms with Crippen molar-refractivity contribution in [1.29, 1.82) is 0 Å². The molecule has 0 aliphatic rings. The molecule has 0 aliphatic carbocycles. The summed E-state index contributed by atoms with van der Waals surface area (Å²) in [5.41, 5.74) is 6.84. The third-order valence-corrected chi connectivity index (χ3v) is 5.57. The van der Waals surface area contributed by atoms with E-state index >= 15 is 0 Å². The lowest BCUT2D eigenvalue weighted by Crippen LogP contribution is -2.30. The van der Waals surface area contributed by atoms with Crippen molar-refractivity contribution in [2.45, 2.75) is 32.6 Å². The number of nitrogens with two attached hydrogens (primary N) is 1. The van der Waals surface area contributed by atoms with Crippen LogP contribution in [-0.4, -0.2) is 15.0 Å². The van der Waals surface area contributed by atoms with Gasteiger partial charge in [0.25, 0.3) is 0 Å². The molecule has 0 spiro atoms. The minimum absolute atomic E-state index is 0.240. The van der Waals surface area contributed by atoms with Crippen molar-refractivity contribution >= 4 is 31.6 Å². The second-order valence-corrected chi connectivity index (χ2v) is 7.80.